The second kappa shape index (κ2) is 8.99. The number of rotatable bonds is 7. The fourth-order valence-corrected chi connectivity index (χ4v) is 7.01. The smallest absolute Gasteiger partial charge is 0.252 e. The standard InChI is InChI=1S/C16H22N4O3S4/c1-11(2)10-25-16-19-18-15(26-16)17-14(21)12-5-7-20(8-6-12)27(22,23)13-4-3-9-24-13/h3-4,9,11-12H,5-8,10H2,1-2H3,(H,17,18,21). The maximum absolute atomic E-state index is 12.5. The molecule has 1 amide bonds. The monoisotopic (exact) mass is 446 g/mol. The summed E-state index contributed by atoms with van der Waals surface area (Å²) >= 11 is 4.22. The van der Waals surface area contributed by atoms with Crippen LogP contribution in [-0.2, 0) is 14.8 Å². The van der Waals surface area contributed by atoms with E-state index in [2.05, 4.69) is 29.4 Å². The van der Waals surface area contributed by atoms with E-state index in [0.29, 0.717) is 41.2 Å². The molecule has 0 aromatic carbocycles. The van der Waals surface area contributed by atoms with E-state index in [4.69, 9.17) is 0 Å². The van der Waals surface area contributed by atoms with Crippen LogP contribution in [0.1, 0.15) is 26.7 Å². The first-order valence-corrected chi connectivity index (χ1v) is 12.8. The SMILES string of the molecule is CC(C)CSc1nnc(NC(=O)C2CCN(S(=O)(=O)c3cccs3)CC2)s1. The number of nitrogens with one attached hydrogen (secondary N) is 1. The van der Waals surface area contributed by atoms with Crippen LogP contribution in [0.15, 0.2) is 26.1 Å². The molecule has 0 spiro atoms. The largest absolute Gasteiger partial charge is 0.300 e. The Labute approximate surface area is 171 Å². The number of hydrogen-bond donors (Lipinski definition) is 1. The summed E-state index contributed by atoms with van der Waals surface area (Å²) in [6.07, 6.45) is 1.01. The number of anilines is 1. The quantitative estimate of drug-likeness (QED) is 0.518. The highest BCUT2D eigenvalue weighted by Crippen LogP contribution is 2.29. The van der Waals surface area contributed by atoms with E-state index in [1.807, 2.05) is 0 Å². The van der Waals surface area contributed by atoms with Gasteiger partial charge >= 0.3 is 0 Å². The van der Waals surface area contributed by atoms with Crippen molar-refractivity contribution in [3.8, 4) is 0 Å². The summed E-state index contributed by atoms with van der Waals surface area (Å²) in [5, 5.41) is 13.2. The number of thiophene rings is 1. The summed E-state index contributed by atoms with van der Waals surface area (Å²) in [4.78, 5) is 12.5. The van der Waals surface area contributed by atoms with Gasteiger partial charge in [0.2, 0.25) is 11.0 Å². The summed E-state index contributed by atoms with van der Waals surface area (Å²) < 4.78 is 27.8. The van der Waals surface area contributed by atoms with Crippen molar-refractivity contribution in [2.24, 2.45) is 11.8 Å². The molecule has 3 heterocycles. The molecule has 1 fully saturated rings. The van der Waals surface area contributed by atoms with Crippen molar-refractivity contribution in [3.63, 3.8) is 0 Å². The second-order valence-electron chi connectivity index (χ2n) is 6.68. The van der Waals surface area contributed by atoms with Crippen LogP contribution in [0.2, 0.25) is 0 Å². The highest BCUT2D eigenvalue weighted by molar-refractivity contribution is 8.01. The van der Waals surface area contributed by atoms with Gasteiger partial charge in [-0.25, -0.2) is 8.42 Å². The molecule has 0 atom stereocenters. The van der Waals surface area contributed by atoms with Crippen molar-refractivity contribution >= 4 is 55.5 Å². The average Bonchev–Trinajstić information content (AvgIpc) is 3.32. The molecule has 11 heteroatoms. The molecule has 2 aromatic heterocycles. The van der Waals surface area contributed by atoms with Crippen molar-refractivity contribution < 1.29 is 13.2 Å². The van der Waals surface area contributed by atoms with Crippen LogP contribution in [0.3, 0.4) is 0 Å². The molecular formula is C16H22N4O3S4. The van der Waals surface area contributed by atoms with Crippen LogP contribution in [0.4, 0.5) is 5.13 Å². The van der Waals surface area contributed by atoms with Gasteiger partial charge in [-0.2, -0.15) is 4.31 Å². The van der Waals surface area contributed by atoms with Crippen molar-refractivity contribution in [3.05, 3.63) is 17.5 Å². The number of nitrogens with zero attached hydrogens (tertiary/aromatic N) is 3. The predicted octanol–water partition coefficient (Wildman–Crippen LogP) is 3.39. The van der Waals surface area contributed by atoms with Crippen molar-refractivity contribution in [1.29, 1.82) is 0 Å². The van der Waals surface area contributed by atoms with Crippen molar-refractivity contribution in [1.82, 2.24) is 14.5 Å². The van der Waals surface area contributed by atoms with E-state index < -0.39 is 10.0 Å². The van der Waals surface area contributed by atoms with E-state index in [0.717, 1.165) is 10.1 Å². The lowest BCUT2D eigenvalue weighted by atomic mass is 9.97. The fourth-order valence-electron chi connectivity index (χ4n) is 2.66. The van der Waals surface area contributed by atoms with Crippen molar-refractivity contribution in [2.45, 2.75) is 35.2 Å². The minimum Gasteiger partial charge on any atom is -0.300 e. The molecule has 0 aliphatic carbocycles. The van der Waals surface area contributed by atoms with Gasteiger partial charge in [0, 0.05) is 24.8 Å². The van der Waals surface area contributed by atoms with Crippen LogP contribution in [0.25, 0.3) is 0 Å². The fraction of sp³-hybridized carbons (Fsp3) is 0.562. The first kappa shape index (κ1) is 20.7. The van der Waals surface area contributed by atoms with E-state index in [9.17, 15) is 13.2 Å². The third-order valence-electron chi connectivity index (χ3n) is 4.09. The lowest BCUT2D eigenvalue weighted by Gasteiger charge is -2.29. The Morgan fingerprint density at radius 1 is 1.37 bits per heavy atom. The molecule has 7 nitrogen and oxygen atoms in total. The summed E-state index contributed by atoms with van der Waals surface area (Å²) in [5.41, 5.74) is 0. The molecule has 0 bridgehead atoms. The van der Waals surface area contributed by atoms with Gasteiger partial charge in [-0.3, -0.25) is 4.79 Å². The first-order chi connectivity index (χ1) is 12.9. The zero-order chi connectivity index (χ0) is 19.4. The van der Waals surface area contributed by atoms with Crippen LogP contribution >= 0.6 is 34.4 Å². The van der Waals surface area contributed by atoms with Crippen LogP contribution < -0.4 is 5.32 Å². The van der Waals surface area contributed by atoms with Gasteiger partial charge in [-0.15, -0.1) is 21.5 Å². The average molecular weight is 447 g/mol. The van der Waals surface area contributed by atoms with E-state index in [-0.39, 0.29) is 11.8 Å². The first-order valence-electron chi connectivity index (χ1n) is 8.67. The maximum Gasteiger partial charge on any atom is 0.252 e. The topological polar surface area (TPSA) is 92.3 Å². The third kappa shape index (κ3) is 5.29. The number of hydrogen-bond acceptors (Lipinski definition) is 8. The van der Waals surface area contributed by atoms with Crippen LogP contribution in [0.5, 0.6) is 0 Å². The Morgan fingerprint density at radius 2 is 2.11 bits per heavy atom. The third-order valence-corrected chi connectivity index (χ3v) is 9.76. The van der Waals surface area contributed by atoms with Gasteiger partial charge in [-0.05, 0) is 30.2 Å². The van der Waals surface area contributed by atoms with Gasteiger partial charge in [0.25, 0.3) is 10.0 Å². The van der Waals surface area contributed by atoms with Gasteiger partial charge in [0.15, 0.2) is 4.34 Å². The van der Waals surface area contributed by atoms with Gasteiger partial charge in [-0.1, -0.05) is 43.0 Å². The molecule has 3 rings (SSSR count). The Morgan fingerprint density at radius 3 is 2.74 bits per heavy atom. The Hall–Kier alpha value is -1.01. The molecule has 0 saturated carbocycles. The summed E-state index contributed by atoms with van der Waals surface area (Å²) in [7, 11) is -3.44. The van der Waals surface area contributed by atoms with E-state index in [1.165, 1.54) is 27.0 Å². The number of sulfonamides is 1. The number of carbonyl (C=O) groups excluding carboxylic acids is 1. The Kier molecular flexibility index (Phi) is 6.90. The number of thioether (sulfide) groups is 1. The zero-order valence-corrected chi connectivity index (χ0v) is 18.4. The van der Waals surface area contributed by atoms with Gasteiger partial charge < -0.3 is 5.32 Å². The summed E-state index contributed by atoms with van der Waals surface area (Å²) in [5.74, 6) is 1.20. The molecule has 148 valence electrons. The summed E-state index contributed by atoms with van der Waals surface area (Å²) in [6.45, 7) is 4.98. The minimum absolute atomic E-state index is 0.111. The molecule has 27 heavy (non-hydrogen) atoms. The molecular weight excluding hydrogens is 424 g/mol. The number of aromatic nitrogens is 2. The molecule has 1 aliphatic heterocycles. The van der Waals surface area contributed by atoms with E-state index in [1.54, 1.807) is 29.3 Å². The highest BCUT2D eigenvalue weighted by atomic mass is 32.2. The van der Waals surface area contributed by atoms with Gasteiger partial charge in [0.05, 0.1) is 0 Å². The Balaban J connectivity index is 1.52. The molecule has 0 unspecified atom stereocenters. The number of carbonyl (C=O) groups is 1. The highest BCUT2D eigenvalue weighted by Gasteiger charge is 2.32. The molecule has 1 saturated heterocycles. The van der Waals surface area contributed by atoms with E-state index >= 15 is 0 Å². The molecule has 1 N–H and O–H groups in total. The Bertz CT molecular complexity index is 856. The van der Waals surface area contributed by atoms with Crippen molar-refractivity contribution in [2.75, 3.05) is 24.2 Å². The molecule has 2 aromatic rings. The zero-order valence-electron chi connectivity index (χ0n) is 15.1. The lowest BCUT2D eigenvalue weighted by molar-refractivity contribution is -0.120. The van der Waals surface area contributed by atoms with Gasteiger partial charge in [0.1, 0.15) is 4.21 Å². The number of piperidine rings is 1. The molecule has 1 aliphatic rings. The van der Waals surface area contributed by atoms with Crippen LogP contribution in [-0.4, -0.2) is 47.7 Å². The number of amides is 1. The molecule has 0 radical (unpaired) electrons. The second-order valence-corrected chi connectivity index (χ2v) is 12.0. The minimum atomic E-state index is -3.44. The van der Waals surface area contributed by atoms with Crippen LogP contribution in [0, 0.1) is 11.8 Å². The predicted molar refractivity (Wildman–Crippen MR) is 110 cm³/mol. The lowest BCUT2D eigenvalue weighted by Crippen LogP contribution is -2.41. The normalized spacial score (nSPS) is 16.7. The maximum atomic E-state index is 12.5. The summed E-state index contributed by atoms with van der Waals surface area (Å²) in [6, 6.07) is 3.34.